The lowest BCUT2D eigenvalue weighted by atomic mass is 10.0. The highest BCUT2D eigenvalue weighted by Gasteiger charge is 2.18. The van der Waals surface area contributed by atoms with Crippen LogP contribution in [0.1, 0.15) is 0 Å². The van der Waals surface area contributed by atoms with Gasteiger partial charge in [0.2, 0.25) is 0 Å². The van der Waals surface area contributed by atoms with Gasteiger partial charge in [-0.05, 0) is 38.7 Å². The summed E-state index contributed by atoms with van der Waals surface area (Å²) in [5.41, 5.74) is 1.90. The maximum absolute atomic E-state index is 4.27. The Balaban J connectivity index is 2.11. The minimum atomic E-state index is 0.844. The first-order valence-corrected chi connectivity index (χ1v) is 8.93. The van der Waals surface area contributed by atoms with E-state index in [0.29, 0.717) is 0 Å². The zero-order valence-electron chi connectivity index (χ0n) is 11.7. The predicted molar refractivity (Wildman–Crippen MR) is 96.6 cm³/mol. The van der Waals surface area contributed by atoms with Gasteiger partial charge < -0.3 is 0 Å². The van der Waals surface area contributed by atoms with Gasteiger partial charge in [-0.1, -0.05) is 30.3 Å². The van der Waals surface area contributed by atoms with E-state index in [1.54, 1.807) is 22.7 Å². The summed E-state index contributed by atoms with van der Waals surface area (Å²) in [6, 6.07) is 15.0. The van der Waals surface area contributed by atoms with Crippen molar-refractivity contribution in [1.29, 1.82) is 0 Å². The summed E-state index contributed by atoms with van der Waals surface area (Å²) >= 11 is 3.56. The summed E-state index contributed by atoms with van der Waals surface area (Å²) in [7, 11) is 0. The maximum atomic E-state index is 4.27. The zero-order chi connectivity index (χ0) is 15.0. The number of hydrogen-bond acceptors (Lipinski definition) is 5. The van der Waals surface area contributed by atoms with E-state index in [1.165, 1.54) is 35.6 Å². The van der Waals surface area contributed by atoms with E-state index in [-0.39, 0.29) is 0 Å². The van der Waals surface area contributed by atoms with Crippen LogP contribution in [0.3, 0.4) is 0 Å². The smallest absolute Gasteiger partial charge is 0.191 e. The normalized spacial score (nSPS) is 12.3. The van der Waals surface area contributed by atoms with Crippen molar-refractivity contribution in [1.82, 2.24) is 20.0 Å². The molecule has 0 bridgehead atoms. The van der Waals surface area contributed by atoms with Crippen molar-refractivity contribution in [3.63, 3.8) is 0 Å². The zero-order valence-corrected chi connectivity index (χ0v) is 13.4. The van der Waals surface area contributed by atoms with Gasteiger partial charge in [0.25, 0.3) is 0 Å². The van der Waals surface area contributed by atoms with Crippen molar-refractivity contribution in [2.45, 2.75) is 0 Å². The minimum absolute atomic E-state index is 0.844. The Bertz CT molecular complexity index is 1370. The first-order chi connectivity index (χ1) is 11.4. The topological polar surface area (TPSA) is 43.1 Å². The van der Waals surface area contributed by atoms with Crippen LogP contribution in [0.5, 0.6) is 0 Å². The van der Waals surface area contributed by atoms with E-state index in [4.69, 9.17) is 0 Å². The summed E-state index contributed by atoms with van der Waals surface area (Å²) in [5, 5.41) is 20.9. The van der Waals surface area contributed by atoms with Gasteiger partial charge in [-0.25, -0.2) is 0 Å². The molecule has 0 aliphatic rings. The fourth-order valence-electron chi connectivity index (χ4n) is 3.42. The molecular formula is C17H8N4S2. The van der Waals surface area contributed by atoms with Crippen LogP contribution < -0.4 is 0 Å². The summed E-state index contributed by atoms with van der Waals surface area (Å²) in [6.07, 6.45) is 0. The fourth-order valence-corrected chi connectivity index (χ4v) is 5.65. The van der Waals surface area contributed by atoms with Gasteiger partial charge in [0.05, 0.1) is 14.2 Å². The molecule has 4 heterocycles. The third-order valence-corrected chi connectivity index (χ3v) is 6.62. The molecule has 6 rings (SSSR count). The van der Waals surface area contributed by atoms with E-state index in [1.807, 2.05) is 4.52 Å². The highest BCUT2D eigenvalue weighted by atomic mass is 32.2. The molecule has 0 fully saturated rings. The quantitative estimate of drug-likeness (QED) is 0.373. The molecule has 0 atom stereocenters. The Morgan fingerprint density at radius 2 is 1.87 bits per heavy atom. The van der Waals surface area contributed by atoms with Gasteiger partial charge in [0.15, 0.2) is 5.65 Å². The summed E-state index contributed by atoms with van der Waals surface area (Å²) in [4.78, 5) is 0. The predicted octanol–water partition coefficient (Wildman–Crippen LogP) is 4.86. The SMILES string of the molecule is c1ccc2c(c1)ccc1c2c2c3ccsc3sc2c2nnnn12. The van der Waals surface area contributed by atoms with Crippen LogP contribution in [0, 0.1) is 0 Å². The van der Waals surface area contributed by atoms with Crippen LogP contribution in [0.4, 0.5) is 0 Å². The number of pyridine rings is 1. The van der Waals surface area contributed by atoms with Crippen molar-refractivity contribution < 1.29 is 0 Å². The summed E-state index contributed by atoms with van der Waals surface area (Å²) in [5.74, 6) is 0. The highest BCUT2D eigenvalue weighted by Crippen LogP contribution is 2.44. The van der Waals surface area contributed by atoms with Gasteiger partial charge >= 0.3 is 0 Å². The van der Waals surface area contributed by atoms with Crippen LogP contribution >= 0.6 is 22.7 Å². The molecule has 108 valence electrons. The number of fused-ring (bicyclic) bond motifs is 10. The lowest BCUT2D eigenvalue weighted by molar-refractivity contribution is 0.842. The van der Waals surface area contributed by atoms with E-state index in [9.17, 15) is 0 Å². The lowest BCUT2D eigenvalue weighted by Gasteiger charge is -2.07. The molecule has 0 N–H and O–H groups in total. The first kappa shape index (κ1) is 11.9. The van der Waals surface area contributed by atoms with Gasteiger partial charge in [-0.3, -0.25) is 0 Å². The molecule has 23 heavy (non-hydrogen) atoms. The summed E-state index contributed by atoms with van der Waals surface area (Å²) in [6.45, 7) is 0. The number of thiophene rings is 2. The third kappa shape index (κ3) is 1.38. The van der Waals surface area contributed by atoms with Crippen molar-refractivity contribution in [3.05, 3.63) is 47.8 Å². The molecule has 4 aromatic heterocycles. The Hall–Kier alpha value is -2.57. The molecule has 6 aromatic rings. The molecule has 0 spiro atoms. The van der Waals surface area contributed by atoms with E-state index >= 15 is 0 Å². The van der Waals surface area contributed by atoms with Crippen LogP contribution in [0.15, 0.2) is 47.8 Å². The van der Waals surface area contributed by atoms with Crippen molar-refractivity contribution >= 4 is 69.5 Å². The molecule has 0 aliphatic carbocycles. The van der Waals surface area contributed by atoms with Crippen molar-refractivity contribution in [2.24, 2.45) is 0 Å². The molecule has 2 aromatic carbocycles. The second-order valence-electron chi connectivity index (χ2n) is 5.52. The van der Waals surface area contributed by atoms with Crippen LogP contribution in [-0.4, -0.2) is 20.0 Å². The highest BCUT2D eigenvalue weighted by molar-refractivity contribution is 7.41. The molecule has 4 nitrogen and oxygen atoms in total. The monoisotopic (exact) mass is 332 g/mol. The first-order valence-electron chi connectivity index (χ1n) is 7.23. The average molecular weight is 332 g/mol. The third-order valence-electron chi connectivity index (χ3n) is 4.38. The van der Waals surface area contributed by atoms with Crippen LogP contribution in [0.25, 0.3) is 46.8 Å². The number of aromatic nitrogens is 4. The van der Waals surface area contributed by atoms with E-state index < -0.39 is 0 Å². The fraction of sp³-hybridized carbons (Fsp3) is 0. The Morgan fingerprint density at radius 3 is 2.87 bits per heavy atom. The van der Waals surface area contributed by atoms with Gasteiger partial charge in [-0.2, -0.15) is 4.52 Å². The van der Waals surface area contributed by atoms with Crippen molar-refractivity contribution in [2.75, 3.05) is 0 Å². The Labute approximate surface area is 137 Å². The second kappa shape index (κ2) is 4.04. The van der Waals surface area contributed by atoms with Gasteiger partial charge in [0, 0.05) is 16.2 Å². The van der Waals surface area contributed by atoms with E-state index in [2.05, 4.69) is 63.4 Å². The number of hydrogen-bond donors (Lipinski definition) is 0. The minimum Gasteiger partial charge on any atom is -0.191 e. The van der Waals surface area contributed by atoms with Crippen molar-refractivity contribution in [3.8, 4) is 0 Å². The molecule has 0 amide bonds. The number of rotatable bonds is 0. The second-order valence-corrected chi connectivity index (χ2v) is 7.72. The average Bonchev–Trinajstić information content (AvgIpc) is 3.29. The Kier molecular flexibility index (Phi) is 2.09. The molecular weight excluding hydrogens is 324 g/mol. The molecule has 0 radical (unpaired) electrons. The maximum Gasteiger partial charge on any atom is 0.197 e. The molecule has 0 aliphatic heterocycles. The number of tetrazole rings is 1. The molecule has 0 saturated heterocycles. The molecule has 0 unspecified atom stereocenters. The summed E-state index contributed by atoms with van der Waals surface area (Å²) < 4.78 is 4.36. The number of benzene rings is 2. The van der Waals surface area contributed by atoms with Crippen LogP contribution in [0.2, 0.25) is 0 Å². The van der Waals surface area contributed by atoms with Crippen LogP contribution in [-0.2, 0) is 0 Å². The lowest BCUT2D eigenvalue weighted by Crippen LogP contribution is -1.92. The standard InChI is InChI=1S/C17H8N4S2/c1-2-4-10-9(3-1)5-6-12-13(10)14-11-7-8-22-17(11)23-15(14)16-18-19-20-21(12)16/h1-8H. The molecule has 6 heteroatoms. The van der Waals surface area contributed by atoms with E-state index in [0.717, 1.165) is 11.2 Å². The number of nitrogens with zero attached hydrogens (tertiary/aromatic N) is 4. The van der Waals surface area contributed by atoms with Gasteiger partial charge in [0.1, 0.15) is 0 Å². The Morgan fingerprint density at radius 1 is 0.913 bits per heavy atom. The largest absolute Gasteiger partial charge is 0.197 e. The van der Waals surface area contributed by atoms with Gasteiger partial charge in [-0.15, -0.1) is 27.8 Å². The molecule has 0 saturated carbocycles.